The Bertz CT molecular complexity index is 905. The quantitative estimate of drug-likeness (QED) is 0.401. The van der Waals surface area contributed by atoms with Crippen LogP contribution in [0.4, 0.5) is 0 Å². The van der Waals surface area contributed by atoms with Crippen molar-refractivity contribution in [2.24, 2.45) is 0 Å². The van der Waals surface area contributed by atoms with Gasteiger partial charge in [0.05, 0.1) is 6.61 Å². The second kappa shape index (κ2) is 9.39. The maximum absolute atomic E-state index is 11.1. The number of aliphatic hydroxyl groups is 1. The summed E-state index contributed by atoms with van der Waals surface area (Å²) >= 11 is 0. The Morgan fingerprint density at radius 3 is 1.72 bits per heavy atom. The Morgan fingerprint density at radius 2 is 1.31 bits per heavy atom. The van der Waals surface area contributed by atoms with E-state index in [1.165, 1.54) is 0 Å². The molecule has 4 heteroatoms. The molecule has 1 aliphatic rings. The minimum absolute atomic E-state index is 0.0487. The van der Waals surface area contributed by atoms with E-state index in [9.17, 15) is 5.11 Å². The summed E-state index contributed by atoms with van der Waals surface area (Å²) in [6.45, 7) is 7.55. The van der Waals surface area contributed by atoms with Gasteiger partial charge in [0.2, 0.25) is 0 Å². The lowest BCUT2D eigenvalue weighted by molar-refractivity contribution is -0.160. The third-order valence-electron chi connectivity index (χ3n) is 5.79. The van der Waals surface area contributed by atoms with Crippen molar-refractivity contribution in [3.05, 3.63) is 120 Å². The molecule has 3 aromatic rings. The van der Waals surface area contributed by atoms with Gasteiger partial charge in [-0.05, 0) is 30.5 Å². The zero-order valence-corrected chi connectivity index (χ0v) is 18.6. The van der Waals surface area contributed by atoms with Crippen LogP contribution in [0.1, 0.15) is 30.5 Å². The third-order valence-corrected chi connectivity index (χ3v) is 5.79. The van der Waals surface area contributed by atoms with E-state index < -0.39 is 29.7 Å². The predicted octanol–water partition coefficient (Wildman–Crippen LogP) is 5.06. The normalized spacial score (nSPS) is 21.2. The topological polar surface area (TPSA) is 47.9 Å². The van der Waals surface area contributed by atoms with Crippen LogP contribution in [0.25, 0.3) is 0 Å². The first-order chi connectivity index (χ1) is 15.5. The standard InChI is InChI=1S/C28H30O4/c1-4-25-26(32-27(2,3)31-25)24(29)20-30-28(21-14-8-5-9-15-21,22-16-10-6-11-17-22)23-18-12-7-13-19-23/h4-19,24-26,29H,1,20H2,2-3H3. The molecule has 1 heterocycles. The fourth-order valence-electron chi connectivity index (χ4n) is 4.37. The molecule has 4 nitrogen and oxygen atoms in total. The third kappa shape index (κ3) is 4.41. The monoisotopic (exact) mass is 430 g/mol. The number of hydrogen-bond donors (Lipinski definition) is 1. The average Bonchev–Trinajstić information content (AvgIpc) is 3.16. The Morgan fingerprint density at radius 1 is 0.875 bits per heavy atom. The van der Waals surface area contributed by atoms with E-state index in [4.69, 9.17) is 14.2 Å². The Hall–Kier alpha value is -2.76. The van der Waals surface area contributed by atoms with Crippen molar-refractivity contribution in [3.8, 4) is 0 Å². The zero-order valence-electron chi connectivity index (χ0n) is 18.6. The predicted molar refractivity (Wildman–Crippen MR) is 125 cm³/mol. The second-order valence-corrected chi connectivity index (χ2v) is 8.46. The fourth-order valence-corrected chi connectivity index (χ4v) is 4.37. The largest absolute Gasteiger partial charge is 0.388 e. The Kier molecular flexibility index (Phi) is 6.58. The van der Waals surface area contributed by atoms with Gasteiger partial charge in [0.25, 0.3) is 0 Å². The highest BCUT2D eigenvalue weighted by Gasteiger charge is 2.45. The molecule has 0 amide bonds. The molecule has 1 aliphatic heterocycles. The zero-order chi connectivity index (χ0) is 22.6. The lowest BCUT2D eigenvalue weighted by Crippen LogP contribution is -2.42. The summed E-state index contributed by atoms with van der Waals surface area (Å²) in [6, 6.07) is 30.3. The van der Waals surface area contributed by atoms with Gasteiger partial charge in [0, 0.05) is 0 Å². The minimum Gasteiger partial charge on any atom is -0.388 e. The number of hydrogen-bond acceptors (Lipinski definition) is 4. The van der Waals surface area contributed by atoms with Gasteiger partial charge < -0.3 is 19.3 Å². The molecule has 1 saturated heterocycles. The second-order valence-electron chi connectivity index (χ2n) is 8.46. The van der Waals surface area contributed by atoms with Crippen LogP contribution in [0.2, 0.25) is 0 Å². The van der Waals surface area contributed by atoms with E-state index >= 15 is 0 Å². The van der Waals surface area contributed by atoms with E-state index in [2.05, 4.69) is 43.0 Å². The van der Waals surface area contributed by atoms with Crippen LogP contribution in [-0.2, 0) is 19.8 Å². The first-order valence-corrected chi connectivity index (χ1v) is 10.9. The molecule has 1 N–H and O–H groups in total. The molecule has 3 aromatic carbocycles. The van der Waals surface area contributed by atoms with Gasteiger partial charge in [-0.15, -0.1) is 6.58 Å². The summed E-state index contributed by atoms with van der Waals surface area (Å²) in [5.41, 5.74) is 2.04. The molecule has 0 radical (unpaired) electrons. The summed E-state index contributed by atoms with van der Waals surface area (Å²) < 4.78 is 18.5. The average molecular weight is 431 g/mol. The first kappa shape index (κ1) is 22.4. The van der Waals surface area contributed by atoms with E-state index in [0.717, 1.165) is 16.7 Å². The van der Waals surface area contributed by atoms with E-state index in [1.807, 2.05) is 68.4 Å². The van der Waals surface area contributed by atoms with Crippen molar-refractivity contribution < 1.29 is 19.3 Å². The summed E-state index contributed by atoms with van der Waals surface area (Å²) in [7, 11) is 0. The van der Waals surface area contributed by atoms with Crippen molar-refractivity contribution in [1.82, 2.24) is 0 Å². The van der Waals surface area contributed by atoms with Gasteiger partial charge in [-0.25, -0.2) is 0 Å². The molecule has 1 fully saturated rings. The van der Waals surface area contributed by atoms with Crippen LogP contribution < -0.4 is 0 Å². The van der Waals surface area contributed by atoms with E-state index in [-0.39, 0.29) is 6.61 Å². The molecule has 0 spiro atoms. The van der Waals surface area contributed by atoms with Crippen molar-refractivity contribution in [3.63, 3.8) is 0 Å². The lowest BCUT2D eigenvalue weighted by Gasteiger charge is -2.37. The van der Waals surface area contributed by atoms with Crippen molar-refractivity contribution >= 4 is 0 Å². The maximum atomic E-state index is 11.1. The van der Waals surface area contributed by atoms with Gasteiger partial charge >= 0.3 is 0 Å². The molecule has 0 bridgehead atoms. The maximum Gasteiger partial charge on any atom is 0.164 e. The summed E-state index contributed by atoms with van der Waals surface area (Å²) in [5, 5.41) is 11.1. The Balaban J connectivity index is 1.74. The summed E-state index contributed by atoms with van der Waals surface area (Å²) in [5.74, 6) is -0.792. The van der Waals surface area contributed by atoms with E-state index in [0.29, 0.717) is 0 Å². The molecule has 3 unspecified atom stereocenters. The molecule has 0 saturated carbocycles. The highest BCUT2D eigenvalue weighted by molar-refractivity contribution is 5.47. The highest BCUT2D eigenvalue weighted by Crippen LogP contribution is 2.41. The van der Waals surface area contributed by atoms with Crippen molar-refractivity contribution in [2.45, 2.75) is 43.5 Å². The van der Waals surface area contributed by atoms with Crippen LogP contribution in [0.15, 0.2) is 104 Å². The Labute approximate surface area is 190 Å². The molecule has 3 atom stereocenters. The molecular weight excluding hydrogens is 400 g/mol. The summed E-state index contributed by atoms with van der Waals surface area (Å²) in [4.78, 5) is 0. The smallest absolute Gasteiger partial charge is 0.164 e. The van der Waals surface area contributed by atoms with Crippen LogP contribution in [-0.4, -0.2) is 35.8 Å². The minimum atomic E-state index is -0.907. The van der Waals surface area contributed by atoms with Gasteiger partial charge in [0.1, 0.15) is 23.9 Å². The number of rotatable bonds is 8. The lowest BCUT2D eigenvalue weighted by atomic mass is 9.80. The molecule has 4 rings (SSSR count). The molecule has 32 heavy (non-hydrogen) atoms. The van der Waals surface area contributed by atoms with Crippen LogP contribution in [0, 0.1) is 0 Å². The van der Waals surface area contributed by atoms with Crippen LogP contribution >= 0.6 is 0 Å². The van der Waals surface area contributed by atoms with Gasteiger partial charge in [0.15, 0.2) is 5.79 Å². The number of aliphatic hydroxyl groups excluding tert-OH is 1. The van der Waals surface area contributed by atoms with Crippen molar-refractivity contribution in [1.29, 1.82) is 0 Å². The van der Waals surface area contributed by atoms with Crippen LogP contribution in [0.5, 0.6) is 0 Å². The SMILES string of the molecule is C=CC1OC(C)(C)OC1C(O)COC(c1ccccc1)(c1ccccc1)c1ccccc1. The molecule has 166 valence electrons. The van der Waals surface area contributed by atoms with E-state index in [1.54, 1.807) is 6.08 Å². The molecular formula is C28H30O4. The van der Waals surface area contributed by atoms with Crippen molar-refractivity contribution in [2.75, 3.05) is 6.61 Å². The van der Waals surface area contributed by atoms with Gasteiger partial charge in [-0.3, -0.25) is 0 Å². The fraction of sp³-hybridized carbons (Fsp3) is 0.286. The van der Waals surface area contributed by atoms with Gasteiger partial charge in [-0.1, -0.05) is 97.1 Å². The molecule has 0 aromatic heterocycles. The highest BCUT2D eigenvalue weighted by atomic mass is 16.8. The number of benzene rings is 3. The number of ether oxygens (including phenoxy) is 3. The van der Waals surface area contributed by atoms with Crippen LogP contribution in [0.3, 0.4) is 0 Å². The molecule has 0 aliphatic carbocycles. The first-order valence-electron chi connectivity index (χ1n) is 10.9. The summed E-state index contributed by atoms with van der Waals surface area (Å²) in [6.07, 6.45) is -0.220. The van der Waals surface area contributed by atoms with Gasteiger partial charge in [-0.2, -0.15) is 0 Å².